The van der Waals surface area contributed by atoms with Gasteiger partial charge in [-0.1, -0.05) is 13.0 Å². The zero-order valence-electron chi connectivity index (χ0n) is 14.6. The number of hydrogen-bond acceptors (Lipinski definition) is 4. The number of carbonyl (C=O) groups excluding carboxylic acids is 2. The van der Waals surface area contributed by atoms with Gasteiger partial charge in [0.05, 0.1) is 4.88 Å². The minimum atomic E-state index is -0.0544. The van der Waals surface area contributed by atoms with E-state index < -0.39 is 0 Å². The lowest BCUT2D eigenvalue weighted by atomic mass is 9.99. The smallest absolute Gasteiger partial charge is 0.261 e. The van der Waals surface area contributed by atoms with Crippen LogP contribution >= 0.6 is 11.3 Å². The lowest BCUT2D eigenvalue weighted by molar-refractivity contribution is -0.121. The Morgan fingerprint density at radius 1 is 1.21 bits per heavy atom. The second-order valence-corrected chi connectivity index (χ2v) is 7.51. The van der Waals surface area contributed by atoms with Gasteiger partial charge in [0.15, 0.2) is 0 Å². The third-order valence-electron chi connectivity index (χ3n) is 4.46. The Morgan fingerprint density at radius 2 is 1.96 bits per heavy atom. The molecule has 6 heteroatoms. The Morgan fingerprint density at radius 3 is 2.67 bits per heavy atom. The van der Waals surface area contributed by atoms with Crippen molar-refractivity contribution in [3.63, 3.8) is 0 Å². The van der Waals surface area contributed by atoms with Crippen molar-refractivity contribution in [3.05, 3.63) is 22.4 Å². The highest BCUT2D eigenvalue weighted by Crippen LogP contribution is 2.15. The summed E-state index contributed by atoms with van der Waals surface area (Å²) in [5, 5.41) is 7.69. The van der Waals surface area contributed by atoms with Gasteiger partial charge in [-0.15, -0.1) is 11.3 Å². The Balaban J connectivity index is 1.44. The quantitative estimate of drug-likeness (QED) is 0.672. The van der Waals surface area contributed by atoms with Gasteiger partial charge < -0.3 is 15.5 Å². The standard InChI is InChI=1S/C18H29N3O2S/c1-15-7-12-21(13-8-15)11-4-10-19-17(22)6-2-9-20-18(23)16-5-3-14-24-16/h3,5,14-15H,2,4,6-13H2,1H3,(H,19,22)(H,20,23). The highest BCUT2D eigenvalue weighted by molar-refractivity contribution is 7.12. The number of piperidine rings is 1. The van der Waals surface area contributed by atoms with E-state index in [0.29, 0.717) is 24.3 Å². The number of amides is 2. The molecule has 0 unspecified atom stereocenters. The van der Waals surface area contributed by atoms with Crippen LogP contribution in [0.5, 0.6) is 0 Å². The van der Waals surface area contributed by atoms with E-state index in [2.05, 4.69) is 22.5 Å². The molecule has 0 spiro atoms. The highest BCUT2D eigenvalue weighted by atomic mass is 32.1. The molecule has 1 aromatic rings. The van der Waals surface area contributed by atoms with Gasteiger partial charge in [-0.25, -0.2) is 0 Å². The van der Waals surface area contributed by atoms with E-state index in [4.69, 9.17) is 0 Å². The van der Waals surface area contributed by atoms with Crippen molar-refractivity contribution in [2.24, 2.45) is 5.92 Å². The number of likely N-dealkylation sites (tertiary alicyclic amines) is 1. The Bertz CT molecular complexity index is 496. The van der Waals surface area contributed by atoms with Crippen molar-refractivity contribution >= 4 is 23.2 Å². The molecular formula is C18H29N3O2S. The average Bonchev–Trinajstić information content (AvgIpc) is 3.12. The number of carbonyl (C=O) groups is 2. The van der Waals surface area contributed by atoms with Gasteiger partial charge in [-0.3, -0.25) is 9.59 Å². The van der Waals surface area contributed by atoms with Gasteiger partial charge in [0.1, 0.15) is 0 Å². The van der Waals surface area contributed by atoms with Gasteiger partial charge in [-0.05, 0) is 62.7 Å². The van der Waals surface area contributed by atoms with Crippen LogP contribution in [0.25, 0.3) is 0 Å². The predicted octanol–water partition coefficient (Wildman–Crippen LogP) is 2.50. The van der Waals surface area contributed by atoms with Crippen LogP contribution in [-0.2, 0) is 4.79 Å². The summed E-state index contributed by atoms with van der Waals surface area (Å²) < 4.78 is 0. The molecule has 0 bridgehead atoms. The van der Waals surface area contributed by atoms with Crippen LogP contribution in [0.4, 0.5) is 0 Å². The van der Waals surface area contributed by atoms with Crippen LogP contribution in [0.3, 0.4) is 0 Å². The molecule has 0 atom stereocenters. The summed E-state index contributed by atoms with van der Waals surface area (Å²) in [6.07, 6.45) is 4.74. The van der Waals surface area contributed by atoms with Crippen molar-refractivity contribution in [2.75, 3.05) is 32.7 Å². The summed E-state index contributed by atoms with van der Waals surface area (Å²) in [6, 6.07) is 3.66. The number of hydrogen-bond donors (Lipinski definition) is 2. The average molecular weight is 352 g/mol. The van der Waals surface area contributed by atoms with E-state index >= 15 is 0 Å². The maximum Gasteiger partial charge on any atom is 0.261 e. The monoisotopic (exact) mass is 351 g/mol. The summed E-state index contributed by atoms with van der Waals surface area (Å²) in [5.74, 6) is 0.884. The van der Waals surface area contributed by atoms with Crippen molar-refractivity contribution in [1.82, 2.24) is 15.5 Å². The topological polar surface area (TPSA) is 61.4 Å². The van der Waals surface area contributed by atoms with Gasteiger partial charge >= 0.3 is 0 Å². The Labute approximate surface area is 148 Å². The highest BCUT2D eigenvalue weighted by Gasteiger charge is 2.14. The van der Waals surface area contributed by atoms with E-state index in [-0.39, 0.29) is 11.8 Å². The summed E-state index contributed by atoms with van der Waals surface area (Å²) in [7, 11) is 0. The third kappa shape index (κ3) is 7.01. The molecular weight excluding hydrogens is 322 g/mol. The molecule has 2 heterocycles. The van der Waals surface area contributed by atoms with Crippen LogP contribution in [0.15, 0.2) is 17.5 Å². The Kier molecular flexibility index (Phi) is 8.25. The fraction of sp³-hybridized carbons (Fsp3) is 0.667. The summed E-state index contributed by atoms with van der Waals surface area (Å²) >= 11 is 1.43. The fourth-order valence-electron chi connectivity index (χ4n) is 2.85. The molecule has 134 valence electrons. The minimum absolute atomic E-state index is 0.0544. The summed E-state index contributed by atoms with van der Waals surface area (Å²) in [6.45, 7) is 7.06. The van der Waals surface area contributed by atoms with Crippen LogP contribution in [-0.4, -0.2) is 49.4 Å². The van der Waals surface area contributed by atoms with Crippen molar-refractivity contribution in [2.45, 2.75) is 39.0 Å². The van der Waals surface area contributed by atoms with Crippen LogP contribution in [0, 0.1) is 5.92 Å². The van der Waals surface area contributed by atoms with Crippen LogP contribution in [0.2, 0.25) is 0 Å². The molecule has 24 heavy (non-hydrogen) atoms. The van der Waals surface area contributed by atoms with Crippen LogP contribution < -0.4 is 10.6 Å². The normalized spacial score (nSPS) is 16.0. The zero-order chi connectivity index (χ0) is 17.2. The molecule has 0 radical (unpaired) electrons. The molecule has 0 aliphatic carbocycles. The summed E-state index contributed by atoms with van der Waals surface area (Å²) in [4.78, 5) is 26.7. The molecule has 0 aromatic carbocycles. The van der Waals surface area contributed by atoms with E-state index in [1.54, 1.807) is 6.07 Å². The first-order chi connectivity index (χ1) is 11.6. The molecule has 2 rings (SSSR count). The maximum atomic E-state index is 11.8. The minimum Gasteiger partial charge on any atom is -0.356 e. The lowest BCUT2D eigenvalue weighted by Gasteiger charge is -2.30. The van der Waals surface area contributed by atoms with Crippen molar-refractivity contribution < 1.29 is 9.59 Å². The first-order valence-electron chi connectivity index (χ1n) is 8.96. The number of rotatable bonds is 9. The van der Waals surface area contributed by atoms with E-state index in [9.17, 15) is 9.59 Å². The largest absolute Gasteiger partial charge is 0.356 e. The fourth-order valence-corrected chi connectivity index (χ4v) is 3.49. The molecule has 1 aliphatic heterocycles. The lowest BCUT2D eigenvalue weighted by Crippen LogP contribution is -2.35. The maximum absolute atomic E-state index is 11.8. The predicted molar refractivity (Wildman–Crippen MR) is 98.4 cm³/mol. The first-order valence-corrected chi connectivity index (χ1v) is 9.84. The van der Waals surface area contributed by atoms with Gasteiger partial charge in [-0.2, -0.15) is 0 Å². The number of thiophene rings is 1. The molecule has 2 N–H and O–H groups in total. The van der Waals surface area contributed by atoms with Gasteiger partial charge in [0.2, 0.25) is 5.91 Å². The summed E-state index contributed by atoms with van der Waals surface area (Å²) in [5.41, 5.74) is 0. The van der Waals surface area contributed by atoms with Crippen molar-refractivity contribution in [1.29, 1.82) is 0 Å². The van der Waals surface area contributed by atoms with Crippen LogP contribution in [0.1, 0.15) is 48.7 Å². The molecule has 2 amide bonds. The second kappa shape index (κ2) is 10.5. The van der Waals surface area contributed by atoms with Gasteiger partial charge in [0, 0.05) is 19.5 Å². The Hall–Kier alpha value is -1.40. The molecule has 1 saturated heterocycles. The second-order valence-electron chi connectivity index (χ2n) is 6.56. The molecule has 1 fully saturated rings. The molecule has 1 aromatic heterocycles. The number of nitrogens with one attached hydrogen (secondary N) is 2. The molecule has 1 aliphatic rings. The molecule has 0 saturated carbocycles. The number of nitrogens with zero attached hydrogens (tertiary/aromatic N) is 1. The van der Waals surface area contributed by atoms with Crippen molar-refractivity contribution in [3.8, 4) is 0 Å². The first kappa shape index (κ1) is 18.9. The molecule has 5 nitrogen and oxygen atoms in total. The zero-order valence-corrected chi connectivity index (χ0v) is 15.4. The third-order valence-corrected chi connectivity index (χ3v) is 5.33. The van der Waals surface area contributed by atoms with E-state index in [1.807, 2.05) is 11.4 Å². The SMILES string of the molecule is CC1CCN(CCCNC(=O)CCCNC(=O)c2cccs2)CC1. The van der Waals surface area contributed by atoms with E-state index in [1.165, 1.54) is 37.3 Å². The van der Waals surface area contributed by atoms with Gasteiger partial charge in [0.25, 0.3) is 5.91 Å². The van der Waals surface area contributed by atoms with E-state index in [0.717, 1.165) is 25.4 Å².